The van der Waals surface area contributed by atoms with Crippen LogP contribution in [-0.4, -0.2) is 9.55 Å². The van der Waals surface area contributed by atoms with Gasteiger partial charge in [-0.05, 0) is 36.0 Å². The Balaban J connectivity index is 1.85. The third-order valence-electron chi connectivity index (χ3n) is 4.40. The van der Waals surface area contributed by atoms with Crippen LogP contribution < -0.4 is 0 Å². The Morgan fingerprint density at radius 2 is 1.76 bits per heavy atom. The average molecular weight is 274 g/mol. The van der Waals surface area contributed by atoms with E-state index in [9.17, 15) is 0 Å². The van der Waals surface area contributed by atoms with Crippen molar-refractivity contribution < 1.29 is 0 Å². The molecule has 0 aliphatic carbocycles. The summed E-state index contributed by atoms with van der Waals surface area (Å²) >= 11 is 0. The molecular weight excluding hydrogens is 256 g/mol. The van der Waals surface area contributed by atoms with Gasteiger partial charge in [-0.2, -0.15) is 0 Å². The zero-order chi connectivity index (χ0) is 14.1. The van der Waals surface area contributed by atoms with E-state index in [-0.39, 0.29) is 0 Å². The van der Waals surface area contributed by atoms with Crippen LogP contribution in [0.15, 0.2) is 67.1 Å². The zero-order valence-corrected chi connectivity index (χ0v) is 11.9. The van der Waals surface area contributed by atoms with Gasteiger partial charge in [-0.3, -0.25) is 0 Å². The lowest BCUT2D eigenvalue weighted by Crippen LogP contribution is -2.18. The summed E-state index contributed by atoms with van der Waals surface area (Å²) < 4.78 is 2.35. The highest BCUT2D eigenvalue weighted by Gasteiger charge is 2.23. The monoisotopic (exact) mass is 274 g/mol. The molecule has 4 rings (SSSR count). The van der Waals surface area contributed by atoms with Gasteiger partial charge in [0.2, 0.25) is 0 Å². The fourth-order valence-electron chi connectivity index (χ4n) is 3.40. The van der Waals surface area contributed by atoms with E-state index >= 15 is 0 Å². The second-order valence-corrected chi connectivity index (χ2v) is 5.65. The van der Waals surface area contributed by atoms with E-state index in [0.717, 1.165) is 6.42 Å². The fourth-order valence-corrected chi connectivity index (χ4v) is 3.40. The molecule has 2 heteroatoms. The molecule has 3 aromatic rings. The van der Waals surface area contributed by atoms with Crippen LogP contribution in [0.2, 0.25) is 0 Å². The van der Waals surface area contributed by atoms with E-state index in [1.807, 2.05) is 12.5 Å². The maximum Gasteiger partial charge on any atom is 0.0953 e. The van der Waals surface area contributed by atoms with E-state index < -0.39 is 0 Å². The molecule has 2 aromatic carbocycles. The molecule has 1 aromatic heterocycles. The van der Waals surface area contributed by atoms with Crippen LogP contribution in [0, 0.1) is 0 Å². The van der Waals surface area contributed by atoms with Gasteiger partial charge in [-0.25, -0.2) is 4.98 Å². The second-order valence-electron chi connectivity index (χ2n) is 5.65. The van der Waals surface area contributed by atoms with Crippen LogP contribution in [0.5, 0.6) is 0 Å². The molecule has 0 bridgehead atoms. The first-order chi connectivity index (χ1) is 10.4. The van der Waals surface area contributed by atoms with Gasteiger partial charge in [0.1, 0.15) is 0 Å². The molecule has 1 aliphatic heterocycles. The van der Waals surface area contributed by atoms with Gasteiger partial charge in [-0.15, -0.1) is 0 Å². The molecule has 0 amide bonds. The largest absolute Gasteiger partial charge is 0.327 e. The van der Waals surface area contributed by atoms with E-state index in [1.165, 1.54) is 35.2 Å². The third kappa shape index (κ3) is 2.17. The van der Waals surface area contributed by atoms with Gasteiger partial charge < -0.3 is 4.57 Å². The van der Waals surface area contributed by atoms with Crippen molar-refractivity contribution in [2.24, 2.45) is 0 Å². The topological polar surface area (TPSA) is 17.8 Å². The van der Waals surface area contributed by atoms with Crippen molar-refractivity contribution in [3.8, 4) is 11.1 Å². The Labute approximate surface area is 125 Å². The van der Waals surface area contributed by atoms with Crippen molar-refractivity contribution in [1.82, 2.24) is 9.55 Å². The van der Waals surface area contributed by atoms with Crippen molar-refractivity contribution in [2.45, 2.75) is 25.3 Å². The van der Waals surface area contributed by atoms with Crippen molar-refractivity contribution in [3.05, 3.63) is 78.4 Å². The number of nitrogens with zero attached hydrogens (tertiary/aromatic N) is 2. The first-order valence-corrected chi connectivity index (χ1v) is 7.58. The van der Waals surface area contributed by atoms with Crippen LogP contribution >= 0.6 is 0 Å². The molecule has 2 heterocycles. The molecule has 1 atom stereocenters. The molecule has 0 saturated carbocycles. The maximum atomic E-state index is 4.34. The third-order valence-corrected chi connectivity index (χ3v) is 4.40. The molecule has 0 fully saturated rings. The summed E-state index contributed by atoms with van der Waals surface area (Å²) in [5, 5.41) is 0. The van der Waals surface area contributed by atoms with E-state index in [0.29, 0.717) is 6.04 Å². The first-order valence-electron chi connectivity index (χ1n) is 7.58. The number of hydrogen-bond acceptors (Lipinski definition) is 1. The van der Waals surface area contributed by atoms with Gasteiger partial charge in [0.25, 0.3) is 0 Å². The Kier molecular flexibility index (Phi) is 3.07. The van der Waals surface area contributed by atoms with Crippen molar-refractivity contribution >= 4 is 0 Å². The molecule has 2 nitrogen and oxygen atoms in total. The summed E-state index contributed by atoms with van der Waals surface area (Å²) in [6.45, 7) is 0. The molecular formula is C19H18N2. The summed E-state index contributed by atoms with van der Waals surface area (Å²) in [4.78, 5) is 4.34. The van der Waals surface area contributed by atoms with Crippen LogP contribution in [0.3, 0.4) is 0 Å². The van der Waals surface area contributed by atoms with E-state index in [2.05, 4.69) is 64.1 Å². The number of fused-ring (bicyclic) bond motifs is 1. The summed E-state index contributed by atoms with van der Waals surface area (Å²) in [5.74, 6) is 0. The van der Waals surface area contributed by atoms with Gasteiger partial charge in [0.05, 0.1) is 12.4 Å². The molecule has 0 unspecified atom stereocenters. The molecule has 0 saturated heterocycles. The lowest BCUT2D eigenvalue weighted by Gasteiger charge is -2.27. The fraction of sp³-hybridized carbons (Fsp3) is 0.211. The minimum absolute atomic E-state index is 0.410. The van der Waals surface area contributed by atoms with E-state index in [4.69, 9.17) is 0 Å². The second kappa shape index (κ2) is 5.21. The maximum absolute atomic E-state index is 4.34. The van der Waals surface area contributed by atoms with Gasteiger partial charge in [-0.1, -0.05) is 54.6 Å². The highest BCUT2D eigenvalue weighted by molar-refractivity contribution is 5.68. The predicted octanol–water partition coefficient (Wildman–Crippen LogP) is 4.48. The van der Waals surface area contributed by atoms with Crippen molar-refractivity contribution in [1.29, 1.82) is 0 Å². The van der Waals surface area contributed by atoms with Crippen molar-refractivity contribution in [2.75, 3.05) is 0 Å². The number of aryl methyl sites for hydroxylation is 1. The minimum Gasteiger partial charge on any atom is -0.327 e. The Bertz CT molecular complexity index is 743. The highest BCUT2D eigenvalue weighted by Crippen LogP contribution is 2.36. The van der Waals surface area contributed by atoms with Gasteiger partial charge in [0.15, 0.2) is 0 Å². The van der Waals surface area contributed by atoms with Crippen LogP contribution in [0.25, 0.3) is 11.1 Å². The Morgan fingerprint density at radius 1 is 0.952 bits per heavy atom. The smallest absolute Gasteiger partial charge is 0.0953 e. The summed E-state index contributed by atoms with van der Waals surface area (Å²) in [5.41, 5.74) is 5.39. The van der Waals surface area contributed by atoms with Crippen LogP contribution in [0.1, 0.15) is 30.1 Å². The number of aromatic nitrogens is 2. The minimum atomic E-state index is 0.410. The summed E-state index contributed by atoms with van der Waals surface area (Å²) in [6.07, 6.45) is 7.56. The molecule has 0 spiro atoms. The summed E-state index contributed by atoms with van der Waals surface area (Å²) in [6, 6.07) is 19.8. The lowest BCUT2D eigenvalue weighted by molar-refractivity contribution is 0.458. The Morgan fingerprint density at radius 3 is 2.67 bits per heavy atom. The van der Waals surface area contributed by atoms with E-state index in [1.54, 1.807) is 0 Å². The van der Waals surface area contributed by atoms with Gasteiger partial charge >= 0.3 is 0 Å². The zero-order valence-electron chi connectivity index (χ0n) is 11.9. The summed E-state index contributed by atoms with van der Waals surface area (Å²) in [7, 11) is 0. The Hall–Kier alpha value is -2.35. The standard InChI is InChI=1S/C19H18N2/c1-2-7-15(8-3-1)17-10-4-5-11-18(17)19-12-6-9-16-13-20-14-21(16)19/h1-5,7-8,10-11,13-14,19H,6,9,12H2/t19-/m1/s1. The number of benzene rings is 2. The average Bonchev–Trinajstić information content (AvgIpc) is 3.04. The normalized spacial score (nSPS) is 17.4. The molecule has 1 aliphatic rings. The quantitative estimate of drug-likeness (QED) is 0.674. The highest BCUT2D eigenvalue weighted by atomic mass is 15.1. The molecule has 0 radical (unpaired) electrons. The van der Waals surface area contributed by atoms with Crippen LogP contribution in [0.4, 0.5) is 0 Å². The number of imidazole rings is 1. The molecule has 0 N–H and O–H groups in total. The van der Waals surface area contributed by atoms with Crippen LogP contribution in [-0.2, 0) is 6.42 Å². The molecule has 21 heavy (non-hydrogen) atoms. The molecule has 104 valence electrons. The first kappa shape index (κ1) is 12.4. The predicted molar refractivity (Wildman–Crippen MR) is 85.2 cm³/mol. The lowest BCUT2D eigenvalue weighted by atomic mass is 9.90. The van der Waals surface area contributed by atoms with Gasteiger partial charge in [0, 0.05) is 11.9 Å². The van der Waals surface area contributed by atoms with Crippen molar-refractivity contribution in [3.63, 3.8) is 0 Å². The SMILES string of the molecule is c1ccc(-c2ccccc2[C@H]2CCCc3cncn32)cc1. The number of rotatable bonds is 2. The number of hydrogen-bond donors (Lipinski definition) is 0.